The van der Waals surface area contributed by atoms with Crippen molar-refractivity contribution in [2.24, 2.45) is 21.2 Å². The Balaban J connectivity index is 2.64. The molecule has 0 bridgehead atoms. The number of rotatable bonds is 2. The highest BCUT2D eigenvalue weighted by molar-refractivity contribution is 7.88. The zero-order valence-corrected chi connectivity index (χ0v) is 19.0. The summed E-state index contributed by atoms with van der Waals surface area (Å²) in [6.07, 6.45) is 1.96. The van der Waals surface area contributed by atoms with E-state index in [-0.39, 0.29) is 28.3 Å². The maximum Gasteiger partial charge on any atom is 0.209 e. The van der Waals surface area contributed by atoms with Gasteiger partial charge < -0.3 is 4.90 Å². The second kappa shape index (κ2) is 6.33. The normalized spacial score (nSPS) is 25.5. The van der Waals surface area contributed by atoms with Gasteiger partial charge in [0.1, 0.15) is 5.84 Å². The van der Waals surface area contributed by atoms with Crippen molar-refractivity contribution < 1.29 is 8.42 Å². The summed E-state index contributed by atoms with van der Waals surface area (Å²) in [5.41, 5.74) is 2.48. The van der Waals surface area contributed by atoms with E-state index in [1.165, 1.54) is 17.5 Å². The first-order valence-electron chi connectivity index (χ1n) is 9.48. The van der Waals surface area contributed by atoms with E-state index in [0.29, 0.717) is 6.54 Å². The Kier molecular flexibility index (Phi) is 5.22. The van der Waals surface area contributed by atoms with Gasteiger partial charge >= 0.3 is 0 Å². The average Bonchev–Trinajstić information content (AvgIpc) is 2.72. The Hall–Kier alpha value is -0.880. The van der Waals surface area contributed by atoms with Gasteiger partial charge in [-0.1, -0.05) is 62.3 Å². The summed E-state index contributed by atoms with van der Waals surface area (Å²) >= 11 is 0. The van der Waals surface area contributed by atoms with Crippen molar-refractivity contribution >= 4 is 15.9 Å². The van der Waals surface area contributed by atoms with E-state index in [0.717, 1.165) is 12.3 Å². The van der Waals surface area contributed by atoms with Crippen molar-refractivity contribution in [3.63, 3.8) is 0 Å². The Bertz CT molecular complexity index is 728. The average molecular weight is 384 g/mol. The highest BCUT2D eigenvalue weighted by Crippen LogP contribution is 2.47. The van der Waals surface area contributed by atoms with Crippen LogP contribution >= 0.6 is 0 Å². The SMILES string of the molecule is CC(C)(C)C1=NC(C(C)(C)C)C(C(C)(C)C)=C2CC(NS(C)(=O)=O)CN12. The standard InChI is InChI=1S/C20H37N3O2S/c1-18(2,3)15-14-11-13(22-26(10,24)25)12-23(14)17(20(7,8)9)21-16(15)19(4,5)6/h13,16,22H,11-12H2,1-10H3. The second-order valence-electron chi connectivity index (χ2n) is 11.0. The molecule has 0 amide bonds. The van der Waals surface area contributed by atoms with Crippen molar-refractivity contribution in [2.45, 2.75) is 80.8 Å². The Labute approximate surface area is 160 Å². The first kappa shape index (κ1) is 21.4. The van der Waals surface area contributed by atoms with E-state index in [1.54, 1.807) is 0 Å². The molecule has 2 rings (SSSR count). The molecular formula is C20H37N3O2S. The van der Waals surface area contributed by atoms with Gasteiger partial charge in [-0.3, -0.25) is 4.99 Å². The molecule has 2 atom stereocenters. The predicted molar refractivity (Wildman–Crippen MR) is 110 cm³/mol. The van der Waals surface area contributed by atoms with Crippen LogP contribution in [0, 0.1) is 16.2 Å². The van der Waals surface area contributed by atoms with Gasteiger partial charge in [0.05, 0.1) is 12.3 Å². The number of hydrogen-bond donors (Lipinski definition) is 1. The second-order valence-corrected chi connectivity index (χ2v) is 12.8. The molecule has 0 aromatic heterocycles. The third-order valence-electron chi connectivity index (χ3n) is 4.94. The van der Waals surface area contributed by atoms with Crippen LogP contribution in [0.2, 0.25) is 0 Å². The fourth-order valence-corrected chi connectivity index (χ4v) is 4.84. The van der Waals surface area contributed by atoms with Gasteiger partial charge in [0.15, 0.2) is 0 Å². The number of amidine groups is 1. The van der Waals surface area contributed by atoms with Crippen LogP contribution in [0.1, 0.15) is 68.7 Å². The van der Waals surface area contributed by atoms with Crippen LogP contribution in [-0.4, -0.2) is 44.0 Å². The van der Waals surface area contributed by atoms with E-state index in [1.807, 2.05) is 0 Å². The minimum atomic E-state index is -3.24. The first-order valence-corrected chi connectivity index (χ1v) is 11.4. The van der Waals surface area contributed by atoms with E-state index in [4.69, 9.17) is 4.99 Å². The molecule has 150 valence electrons. The molecule has 1 fully saturated rings. The van der Waals surface area contributed by atoms with E-state index in [2.05, 4.69) is 71.9 Å². The molecule has 2 unspecified atom stereocenters. The maximum atomic E-state index is 11.8. The van der Waals surface area contributed by atoms with Gasteiger partial charge in [-0.05, 0) is 16.4 Å². The summed E-state index contributed by atoms with van der Waals surface area (Å²) in [5, 5.41) is 0. The maximum absolute atomic E-state index is 11.8. The number of aliphatic imine (C=N–C) groups is 1. The molecule has 0 aromatic carbocycles. The summed E-state index contributed by atoms with van der Waals surface area (Å²) in [4.78, 5) is 7.54. The van der Waals surface area contributed by atoms with Crippen molar-refractivity contribution in [2.75, 3.05) is 12.8 Å². The lowest BCUT2D eigenvalue weighted by Crippen LogP contribution is -2.47. The molecule has 26 heavy (non-hydrogen) atoms. The molecule has 6 heteroatoms. The summed E-state index contributed by atoms with van der Waals surface area (Å²) in [6.45, 7) is 20.6. The Morgan fingerprint density at radius 3 is 1.92 bits per heavy atom. The summed E-state index contributed by atoms with van der Waals surface area (Å²) in [7, 11) is -3.24. The van der Waals surface area contributed by atoms with Crippen LogP contribution in [-0.2, 0) is 10.0 Å². The van der Waals surface area contributed by atoms with Crippen LogP contribution < -0.4 is 4.72 Å². The fraction of sp³-hybridized carbons (Fsp3) is 0.850. The van der Waals surface area contributed by atoms with E-state index >= 15 is 0 Å². The lowest BCUT2D eigenvalue weighted by atomic mass is 9.70. The van der Waals surface area contributed by atoms with Crippen LogP contribution in [0.15, 0.2) is 16.3 Å². The lowest BCUT2D eigenvalue weighted by Gasteiger charge is -2.45. The third-order valence-corrected chi connectivity index (χ3v) is 5.70. The zero-order valence-electron chi connectivity index (χ0n) is 18.2. The monoisotopic (exact) mass is 383 g/mol. The molecule has 5 nitrogen and oxygen atoms in total. The number of nitrogens with zero attached hydrogens (tertiary/aromatic N) is 2. The molecule has 2 aliphatic heterocycles. The predicted octanol–water partition coefficient (Wildman–Crippen LogP) is 3.78. The molecule has 0 aromatic rings. The minimum absolute atomic E-state index is 0.000547. The number of fused-ring (bicyclic) bond motifs is 1. The molecule has 1 saturated heterocycles. The smallest absolute Gasteiger partial charge is 0.209 e. The highest BCUT2D eigenvalue weighted by Gasteiger charge is 2.46. The molecule has 0 saturated carbocycles. The van der Waals surface area contributed by atoms with Crippen molar-refractivity contribution in [3.05, 3.63) is 11.3 Å². The number of hydrogen-bond acceptors (Lipinski definition) is 4. The number of sulfonamides is 1. The molecule has 0 spiro atoms. The Morgan fingerprint density at radius 1 is 1.00 bits per heavy atom. The van der Waals surface area contributed by atoms with Crippen molar-refractivity contribution in [1.29, 1.82) is 0 Å². The third kappa shape index (κ3) is 4.50. The van der Waals surface area contributed by atoms with Crippen LogP contribution in [0.5, 0.6) is 0 Å². The molecular weight excluding hydrogens is 346 g/mol. The van der Waals surface area contributed by atoms with Crippen LogP contribution in [0.25, 0.3) is 0 Å². The summed E-state index contributed by atoms with van der Waals surface area (Å²) < 4.78 is 26.4. The van der Waals surface area contributed by atoms with Gasteiger partial charge in [0.25, 0.3) is 0 Å². The topological polar surface area (TPSA) is 61.8 Å². The van der Waals surface area contributed by atoms with Crippen molar-refractivity contribution in [1.82, 2.24) is 9.62 Å². The highest BCUT2D eigenvalue weighted by atomic mass is 32.2. The molecule has 2 heterocycles. The quantitative estimate of drug-likeness (QED) is 0.789. The first-order chi connectivity index (χ1) is 11.4. The van der Waals surface area contributed by atoms with Gasteiger partial charge in [-0.25, -0.2) is 13.1 Å². The molecule has 1 N–H and O–H groups in total. The van der Waals surface area contributed by atoms with Gasteiger partial charge in [0.2, 0.25) is 10.0 Å². The molecule has 0 radical (unpaired) electrons. The van der Waals surface area contributed by atoms with E-state index in [9.17, 15) is 8.42 Å². The molecule has 0 aliphatic carbocycles. The van der Waals surface area contributed by atoms with E-state index < -0.39 is 10.0 Å². The van der Waals surface area contributed by atoms with Gasteiger partial charge in [-0.2, -0.15) is 0 Å². The number of nitrogens with one attached hydrogen (secondary N) is 1. The molecule has 2 aliphatic rings. The largest absolute Gasteiger partial charge is 0.332 e. The van der Waals surface area contributed by atoms with Gasteiger partial charge in [0, 0.05) is 30.1 Å². The fourth-order valence-electron chi connectivity index (χ4n) is 4.07. The summed E-state index contributed by atoms with van der Waals surface area (Å²) in [5.74, 6) is 1.07. The van der Waals surface area contributed by atoms with Crippen LogP contribution in [0.4, 0.5) is 0 Å². The lowest BCUT2D eigenvalue weighted by molar-refractivity contribution is 0.285. The minimum Gasteiger partial charge on any atom is -0.332 e. The van der Waals surface area contributed by atoms with Gasteiger partial charge in [-0.15, -0.1) is 0 Å². The van der Waals surface area contributed by atoms with Crippen molar-refractivity contribution in [3.8, 4) is 0 Å². The Morgan fingerprint density at radius 2 is 1.54 bits per heavy atom. The summed E-state index contributed by atoms with van der Waals surface area (Å²) in [6, 6.07) is -0.0106. The van der Waals surface area contributed by atoms with Crippen LogP contribution in [0.3, 0.4) is 0 Å². The zero-order chi connectivity index (χ0) is 20.3.